The Kier molecular flexibility index (Phi) is 5.16. The van der Waals surface area contributed by atoms with Crippen molar-refractivity contribution in [1.82, 2.24) is 14.2 Å². The zero-order chi connectivity index (χ0) is 17.9. The number of aromatic nitrogens is 1. The molecule has 2 aromatic heterocycles. The van der Waals surface area contributed by atoms with Crippen LogP contribution < -0.4 is 5.73 Å². The lowest BCUT2D eigenvalue weighted by Crippen LogP contribution is -2.48. The molecule has 134 valence electrons. The summed E-state index contributed by atoms with van der Waals surface area (Å²) in [5, 5.41) is -0.244. The van der Waals surface area contributed by atoms with Gasteiger partial charge in [0.2, 0.25) is 5.09 Å². The Morgan fingerprint density at radius 3 is 2.40 bits per heavy atom. The maximum Gasteiger partial charge on any atom is 0.284 e. The molecule has 2 aromatic rings. The van der Waals surface area contributed by atoms with E-state index in [-0.39, 0.29) is 10.9 Å². The van der Waals surface area contributed by atoms with Crippen LogP contribution in [-0.2, 0) is 16.4 Å². The molecular formula is C16H20N4O4S. The van der Waals surface area contributed by atoms with Gasteiger partial charge in [-0.05, 0) is 36.2 Å². The molecule has 1 fully saturated rings. The molecule has 3 heterocycles. The lowest BCUT2D eigenvalue weighted by atomic mass is 10.2. The van der Waals surface area contributed by atoms with Gasteiger partial charge in [0.15, 0.2) is 5.76 Å². The second kappa shape index (κ2) is 7.34. The number of carbonyl (C=O) groups excluding carboxylic acids is 1. The molecule has 0 aliphatic carbocycles. The monoisotopic (exact) mass is 364 g/mol. The van der Waals surface area contributed by atoms with Crippen molar-refractivity contribution in [3.63, 3.8) is 0 Å². The largest absolute Gasteiger partial charge is 0.438 e. The van der Waals surface area contributed by atoms with E-state index in [1.807, 2.05) is 12.1 Å². The zero-order valence-electron chi connectivity index (χ0n) is 13.7. The number of piperazine rings is 1. The molecule has 2 N–H and O–H groups in total. The van der Waals surface area contributed by atoms with Gasteiger partial charge >= 0.3 is 0 Å². The Labute approximate surface area is 146 Å². The van der Waals surface area contributed by atoms with Crippen molar-refractivity contribution in [1.29, 1.82) is 0 Å². The predicted octanol–water partition coefficient (Wildman–Crippen LogP) is 0.323. The van der Waals surface area contributed by atoms with E-state index < -0.39 is 15.9 Å². The number of amides is 1. The minimum Gasteiger partial charge on any atom is -0.438 e. The van der Waals surface area contributed by atoms with Gasteiger partial charge in [-0.15, -0.1) is 0 Å². The van der Waals surface area contributed by atoms with Gasteiger partial charge in [-0.1, -0.05) is 0 Å². The van der Waals surface area contributed by atoms with Crippen LogP contribution in [-0.4, -0.2) is 61.2 Å². The molecule has 25 heavy (non-hydrogen) atoms. The molecule has 3 rings (SSSR count). The first kappa shape index (κ1) is 17.6. The minimum atomic E-state index is -3.74. The third-order valence-corrected chi connectivity index (χ3v) is 5.99. The highest BCUT2D eigenvalue weighted by Crippen LogP contribution is 2.20. The van der Waals surface area contributed by atoms with E-state index in [4.69, 9.17) is 10.2 Å². The molecular weight excluding hydrogens is 344 g/mol. The van der Waals surface area contributed by atoms with E-state index in [9.17, 15) is 13.2 Å². The fourth-order valence-corrected chi connectivity index (χ4v) is 4.08. The van der Waals surface area contributed by atoms with Gasteiger partial charge in [-0.25, -0.2) is 8.42 Å². The number of pyridine rings is 1. The van der Waals surface area contributed by atoms with E-state index in [2.05, 4.69) is 9.88 Å². The fourth-order valence-electron chi connectivity index (χ4n) is 2.75. The summed E-state index contributed by atoms with van der Waals surface area (Å²) in [4.78, 5) is 17.3. The van der Waals surface area contributed by atoms with Crippen LogP contribution in [0.2, 0.25) is 0 Å². The molecule has 1 aliphatic heterocycles. The molecule has 8 nitrogen and oxygen atoms in total. The van der Waals surface area contributed by atoms with Crippen molar-refractivity contribution >= 4 is 15.9 Å². The number of hydrogen-bond acceptors (Lipinski definition) is 6. The summed E-state index contributed by atoms with van der Waals surface area (Å²) in [6, 6.07) is 6.51. The van der Waals surface area contributed by atoms with Crippen LogP contribution in [0.25, 0.3) is 0 Å². The van der Waals surface area contributed by atoms with Gasteiger partial charge in [-0.3, -0.25) is 9.78 Å². The van der Waals surface area contributed by atoms with Gasteiger partial charge in [0, 0.05) is 45.1 Å². The van der Waals surface area contributed by atoms with E-state index in [0.29, 0.717) is 26.2 Å². The Morgan fingerprint density at radius 2 is 1.80 bits per heavy atom. The molecule has 0 bridgehead atoms. The van der Waals surface area contributed by atoms with E-state index in [1.165, 1.54) is 22.0 Å². The van der Waals surface area contributed by atoms with Crippen molar-refractivity contribution in [2.75, 3.05) is 32.7 Å². The summed E-state index contributed by atoms with van der Waals surface area (Å²) in [6.07, 6.45) is 4.43. The van der Waals surface area contributed by atoms with Crippen LogP contribution in [0.5, 0.6) is 0 Å². The van der Waals surface area contributed by atoms with E-state index >= 15 is 0 Å². The summed E-state index contributed by atoms with van der Waals surface area (Å²) in [7, 11) is -3.74. The van der Waals surface area contributed by atoms with E-state index in [1.54, 1.807) is 12.4 Å². The number of furan rings is 1. The number of hydrogen-bond donors (Lipinski definition) is 1. The van der Waals surface area contributed by atoms with Crippen LogP contribution >= 0.6 is 0 Å². The molecule has 0 spiro atoms. The Bertz CT molecular complexity index is 827. The number of carbonyl (C=O) groups is 1. The van der Waals surface area contributed by atoms with Crippen molar-refractivity contribution in [3.05, 3.63) is 48.0 Å². The predicted molar refractivity (Wildman–Crippen MR) is 90.4 cm³/mol. The summed E-state index contributed by atoms with van der Waals surface area (Å²) in [5.74, 6) is -0.947. The smallest absolute Gasteiger partial charge is 0.284 e. The van der Waals surface area contributed by atoms with Crippen molar-refractivity contribution < 1.29 is 17.6 Å². The number of primary amides is 1. The average Bonchev–Trinajstić information content (AvgIpc) is 3.12. The maximum atomic E-state index is 12.6. The second-order valence-corrected chi connectivity index (χ2v) is 7.70. The lowest BCUT2D eigenvalue weighted by Gasteiger charge is -2.33. The van der Waals surface area contributed by atoms with Crippen molar-refractivity contribution in [2.45, 2.75) is 11.5 Å². The molecule has 0 unspecified atom stereocenters. The molecule has 1 amide bonds. The number of nitrogens with zero attached hydrogens (tertiary/aromatic N) is 3. The number of nitrogens with two attached hydrogens (primary N) is 1. The maximum absolute atomic E-state index is 12.6. The zero-order valence-corrected chi connectivity index (χ0v) is 14.5. The Balaban J connectivity index is 1.56. The lowest BCUT2D eigenvalue weighted by molar-refractivity contribution is 0.0968. The molecule has 0 aromatic carbocycles. The standard InChI is InChI=1S/C16H20N4O4S/c17-16(21)14-1-2-15(24-14)25(22,23)20-11-9-19(10-12-20)8-5-13-3-6-18-7-4-13/h1-4,6-7H,5,8-12H2,(H2,17,21). The van der Waals surface area contributed by atoms with Crippen LogP contribution in [0.3, 0.4) is 0 Å². The minimum absolute atomic E-state index is 0.158. The molecule has 9 heteroatoms. The van der Waals surface area contributed by atoms with E-state index in [0.717, 1.165) is 13.0 Å². The Hall–Kier alpha value is -2.23. The highest BCUT2D eigenvalue weighted by molar-refractivity contribution is 7.89. The highest BCUT2D eigenvalue weighted by Gasteiger charge is 2.31. The summed E-state index contributed by atoms with van der Waals surface area (Å²) in [5.41, 5.74) is 6.30. The summed E-state index contributed by atoms with van der Waals surface area (Å²) >= 11 is 0. The van der Waals surface area contributed by atoms with Gasteiger partial charge < -0.3 is 15.1 Å². The average molecular weight is 364 g/mol. The van der Waals surface area contributed by atoms with Crippen LogP contribution in [0.15, 0.2) is 46.2 Å². The quantitative estimate of drug-likeness (QED) is 0.791. The first-order valence-corrected chi connectivity index (χ1v) is 9.42. The third-order valence-electron chi connectivity index (χ3n) is 4.22. The topological polar surface area (TPSA) is 110 Å². The van der Waals surface area contributed by atoms with Gasteiger partial charge in [-0.2, -0.15) is 4.31 Å². The van der Waals surface area contributed by atoms with Gasteiger partial charge in [0.05, 0.1) is 0 Å². The van der Waals surface area contributed by atoms with Gasteiger partial charge in [0.1, 0.15) is 0 Å². The molecule has 1 aliphatic rings. The first-order chi connectivity index (χ1) is 12.0. The van der Waals surface area contributed by atoms with Crippen LogP contribution in [0, 0.1) is 0 Å². The van der Waals surface area contributed by atoms with Crippen molar-refractivity contribution in [3.8, 4) is 0 Å². The molecule has 0 radical (unpaired) electrons. The van der Waals surface area contributed by atoms with Crippen LogP contribution in [0.4, 0.5) is 0 Å². The summed E-state index contributed by atoms with van der Waals surface area (Å²) in [6.45, 7) is 2.92. The third kappa shape index (κ3) is 4.06. The highest BCUT2D eigenvalue weighted by atomic mass is 32.2. The summed E-state index contributed by atoms with van der Waals surface area (Å²) < 4.78 is 31.6. The van der Waals surface area contributed by atoms with Gasteiger partial charge in [0.25, 0.3) is 15.9 Å². The number of rotatable bonds is 6. The number of sulfonamides is 1. The normalized spacial score (nSPS) is 16.8. The van der Waals surface area contributed by atoms with Crippen LogP contribution in [0.1, 0.15) is 16.1 Å². The Morgan fingerprint density at radius 1 is 1.12 bits per heavy atom. The molecule has 0 saturated carbocycles. The molecule has 1 saturated heterocycles. The van der Waals surface area contributed by atoms with Crippen molar-refractivity contribution in [2.24, 2.45) is 5.73 Å². The first-order valence-electron chi connectivity index (χ1n) is 7.98. The SMILES string of the molecule is NC(=O)c1ccc(S(=O)(=O)N2CCN(CCc3ccncc3)CC2)o1. The second-order valence-electron chi connectivity index (χ2n) is 5.83. The molecule has 0 atom stereocenters. The fraction of sp³-hybridized carbons (Fsp3) is 0.375.